The van der Waals surface area contributed by atoms with Crippen LogP contribution in [0, 0.1) is 5.92 Å². The van der Waals surface area contributed by atoms with Crippen LogP contribution in [-0.4, -0.2) is 30.6 Å². The van der Waals surface area contributed by atoms with E-state index in [0.29, 0.717) is 5.92 Å². The van der Waals surface area contributed by atoms with E-state index >= 15 is 0 Å². The highest BCUT2D eigenvalue weighted by molar-refractivity contribution is 4.89. The molecule has 0 radical (unpaired) electrons. The largest absolute Gasteiger partial charge is 0.326 e. The summed E-state index contributed by atoms with van der Waals surface area (Å²) in [4.78, 5) is 2.19. The summed E-state index contributed by atoms with van der Waals surface area (Å²) in [5.74, 6) is 0.680. The predicted octanol–water partition coefficient (Wildman–Crippen LogP) is 1.70. The Hall–Kier alpha value is -0.0800. The molecule has 0 heterocycles. The third-order valence-electron chi connectivity index (χ3n) is 2.79. The zero-order valence-electron chi connectivity index (χ0n) is 9.39. The maximum absolute atomic E-state index is 6.11. The number of nitrogens with zero attached hydrogens (tertiary/aromatic N) is 1. The van der Waals surface area contributed by atoms with Gasteiger partial charge in [0.2, 0.25) is 0 Å². The molecule has 0 aliphatic carbocycles. The normalized spacial score (nSPS) is 15.8. The number of nitrogens with two attached hydrogens (primary N) is 1. The van der Waals surface area contributed by atoms with Crippen molar-refractivity contribution in [3.8, 4) is 0 Å². The summed E-state index contributed by atoms with van der Waals surface area (Å²) in [6.07, 6.45) is 1.09. The lowest BCUT2D eigenvalue weighted by atomic mass is 9.88. The summed E-state index contributed by atoms with van der Waals surface area (Å²) in [5, 5.41) is 0. The molecule has 0 aromatic heterocycles. The van der Waals surface area contributed by atoms with E-state index in [1.807, 2.05) is 0 Å². The molecule has 12 heavy (non-hydrogen) atoms. The Morgan fingerprint density at radius 3 is 1.92 bits per heavy atom. The average molecular weight is 172 g/mol. The van der Waals surface area contributed by atoms with Crippen molar-refractivity contribution in [3.63, 3.8) is 0 Å². The van der Waals surface area contributed by atoms with Crippen molar-refractivity contribution >= 4 is 0 Å². The molecule has 0 spiro atoms. The van der Waals surface area contributed by atoms with Crippen LogP contribution in [0.1, 0.15) is 34.1 Å². The van der Waals surface area contributed by atoms with Gasteiger partial charge in [-0.15, -0.1) is 0 Å². The van der Waals surface area contributed by atoms with Gasteiger partial charge in [-0.3, -0.25) is 0 Å². The van der Waals surface area contributed by atoms with Crippen molar-refractivity contribution < 1.29 is 0 Å². The SMILES string of the molecule is CC(C)CC(N)C(C)(C)N(C)C. The molecule has 0 aliphatic heterocycles. The molecule has 1 unspecified atom stereocenters. The topological polar surface area (TPSA) is 29.3 Å². The highest BCUT2D eigenvalue weighted by Crippen LogP contribution is 2.19. The van der Waals surface area contributed by atoms with E-state index in [0.717, 1.165) is 6.42 Å². The lowest BCUT2D eigenvalue weighted by Crippen LogP contribution is -2.53. The third kappa shape index (κ3) is 3.11. The van der Waals surface area contributed by atoms with Crippen molar-refractivity contribution in [3.05, 3.63) is 0 Å². The lowest BCUT2D eigenvalue weighted by Gasteiger charge is -2.38. The minimum absolute atomic E-state index is 0.101. The molecule has 0 amide bonds. The van der Waals surface area contributed by atoms with Gasteiger partial charge >= 0.3 is 0 Å². The predicted molar refractivity (Wildman–Crippen MR) is 55.2 cm³/mol. The first-order valence-corrected chi connectivity index (χ1v) is 4.71. The maximum atomic E-state index is 6.11. The minimum Gasteiger partial charge on any atom is -0.326 e. The van der Waals surface area contributed by atoms with Gasteiger partial charge in [0.05, 0.1) is 0 Å². The van der Waals surface area contributed by atoms with Crippen LogP contribution in [0.3, 0.4) is 0 Å². The molecule has 0 fully saturated rings. The van der Waals surface area contributed by atoms with E-state index in [-0.39, 0.29) is 11.6 Å². The van der Waals surface area contributed by atoms with Crippen LogP contribution in [0.4, 0.5) is 0 Å². The van der Waals surface area contributed by atoms with E-state index in [2.05, 4.69) is 46.7 Å². The Balaban J connectivity index is 4.15. The van der Waals surface area contributed by atoms with Crippen molar-refractivity contribution in [1.82, 2.24) is 4.90 Å². The molecule has 0 bridgehead atoms. The first-order chi connectivity index (χ1) is 5.28. The molecular formula is C10H24N2. The maximum Gasteiger partial charge on any atom is 0.0298 e. The second kappa shape index (κ2) is 4.24. The van der Waals surface area contributed by atoms with E-state index in [4.69, 9.17) is 5.73 Å². The van der Waals surface area contributed by atoms with E-state index in [1.165, 1.54) is 0 Å². The second-order valence-corrected chi connectivity index (χ2v) is 4.78. The van der Waals surface area contributed by atoms with Gasteiger partial charge in [0.25, 0.3) is 0 Å². The molecule has 0 aromatic rings. The monoisotopic (exact) mass is 172 g/mol. The highest BCUT2D eigenvalue weighted by atomic mass is 15.2. The molecule has 1 atom stereocenters. The van der Waals surface area contributed by atoms with E-state index in [1.54, 1.807) is 0 Å². The smallest absolute Gasteiger partial charge is 0.0298 e. The molecule has 0 saturated heterocycles. The quantitative estimate of drug-likeness (QED) is 0.699. The summed E-state index contributed by atoms with van der Waals surface area (Å²) in [5.41, 5.74) is 6.21. The molecule has 0 aromatic carbocycles. The van der Waals surface area contributed by atoms with Crippen molar-refractivity contribution in [2.24, 2.45) is 11.7 Å². The molecule has 2 N–H and O–H groups in total. The Kier molecular flexibility index (Phi) is 4.21. The fourth-order valence-electron chi connectivity index (χ4n) is 1.13. The summed E-state index contributed by atoms with van der Waals surface area (Å²) >= 11 is 0. The van der Waals surface area contributed by atoms with Crippen LogP contribution >= 0.6 is 0 Å². The van der Waals surface area contributed by atoms with Crippen LogP contribution < -0.4 is 5.73 Å². The summed E-state index contributed by atoms with van der Waals surface area (Å²) in [6.45, 7) is 8.82. The van der Waals surface area contributed by atoms with E-state index in [9.17, 15) is 0 Å². The molecule has 0 rings (SSSR count). The zero-order chi connectivity index (χ0) is 9.94. The van der Waals surface area contributed by atoms with Gasteiger partial charge in [0, 0.05) is 11.6 Å². The number of hydrogen-bond donors (Lipinski definition) is 1. The standard InChI is InChI=1S/C10H24N2/c1-8(2)7-9(11)10(3,4)12(5)6/h8-9H,7,11H2,1-6H3. The average Bonchev–Trinajstić information content (AvgIpc) is 1.85. The fraction of sp³-hybridized carbons (Fsp3) is 1.00. The van der Waals surface area contributed by atoms with Crippen LogP contribution in [-0.2, 0) is 0 Å². The van der Waals surface area contributed by atoms with Gasteiger partial charge in [-0.05, 0) is 40.3 Å². The molecule has 0 saturated carbocycles. The van der Waals surface area contributed by atoms with Gasteiger partial charge in [-0.1, -0.05) is 13.8 Å². The number of likely N-dealkylation sites (N-methyl/N-ethyl adjacent to an activating group) is 1. The number of hydrogen-bond acceptors (Lipinski definition) is 2. The first-order valence-electron chi connectivity index (χ1n) is 4.71. The van der Waals surface area contributed by atoms with E-state index < -0.39 is 0 Å². The van der Waals surface area contributed by atoms with Gasteiger partial charge in [-0.2, -0.15) is 0 Å². The summed E-state index contributed by atoms with van der Waals surface area (Å²) in [6, 6.07) is 0.257. The minimum atomic E-state index is 0.101. The zero-order valence-corrected chi connectivity index (χ0v) is 9.39. The van der Waals surface area contributed by atoms with Crippen LogP contribution in [0.5, 0.6) is 0 Å². The molecule has 2 nitrogen and oxygen atoms in total. The van der Waals surface area contributed by atoms with Gasteiger partial charge in [0.15, 0.2) is 0 Å². The first kappa shape index (κ1) is 11.9. The van der Waals surface area contributed by atoms with Crippen molar-refractivity contribution in [2.75, 3.05) is 14.1 Å². The molecule has 2 heteroatoms. The Labute approximate surface area is 77.1 Å². The van der Waals surface area contributed by atoms with Gasteiger partial charge in [0.1, 0.15) is 0 Å². The van der Waals surface area contributed by atoms with Crippen LogP contribution in [0.15, 0.2) is 0 Å². The Morgan fingerprint density at radius 1 is 1.25 bits per heavy atom. The molecular weight excluding hydrogens is 148 g/mol. The van der Waals surface area contributed by atoms with Crippen LogP contribution in [0.2, 0.25) is 0 Å². The second-order valence-electron chi connectivity index (χ2n) is 4.78. The summed E-state index contributed by atoms with van der Waals surface area (Å²) in [7, 11) is 4.17. The molecule has 0 aliphatic rings. The van der Waals surface area contributed by atoms with Crippen molar-refractivity contribution in [2.45, 2.75) is 45.7 Å². The number of rotatable bonds is 4. The lowest BCUT2D eigenvalue weighted by molar-refractivity contribution is 0.146. The molecule has 74 valence electrons. The Morgan fingerprint density at radius 2 is 1.67 bits per heavy atom. The van der Waals surface area contributed by atoms with Gasteiger partial charge < -0.3 is 10.6 Å². The van der Waals surface area contributed by atoms with Crippen molar-refractivity contribution in [1.29, 1.82) is 0 Å². The van der Waals surface area contributed by atoms with Crippen LogP contribution in [0.25, 0.3) is 0 Å². The fourth-order valence-corrected chi connectivity index (χ4v) is 1.13. The highest BCUT2D eigenvalue weighted by Gasteiger charge is 2.28. The van der Waals surface area contributed by atoms with Gasteiger partial charge in [-0.25, -0.2) is 0 Å². The Bertz CT molecular complexity index is 128. The third-order valence-corrected chi connectivity index (χ3v) is 2.79. The summed E-state index contributed by atoms with van der Waals surface area (Å²) < 4.78 is 0.